The van der Waals surface area contributed by atoms with Gasteiger partial charge in [0.15, 0.2) is 23.1 Å². The lowest BCUT2D eigenvalue weighted by molar-refractivity contribution is -0.121. The molecule has 1 fully saturated rings. The Bertz CT molecular complexity index is 1690. The lowest BCUT2D eigenvalue weighted by Gasteiger charge is -2.22. The predicted octanol–water partition coefficient (Wildman–Crippen LogP) is 5.07. The van der Waals surface area contributed by atoms with Crippen LogP contribution < -0.4 is 10.6 Å². The van der Waals surface area contributed by atoms with Gasteiger partial charge in [-0.1, -0.05) is 12.7 Å². The van der Waals surface area contributed by atoms with Gasteiger partial charge in [-0.2, -0.15) is 9.47 Å². The normalized spacial score (nSPS) is 16.3. The van der Waals surface area contributed by atoms with Gasteiger partial charge in [-0.3, -0.25) is 18.8 Å². The molecule has 4 aromatic heterocycles. The van der Waals surface area contributed by atoms with Crippen molar-refractivity contribution in [3.05, 3.63) is 78.3 Å². The van der Waals surface area contributed by atoms with E-state index < -0.39 is 17.6 Å². The highest BCUT2D eigenvalue weighted by molar-refractivity contribution is 7.10. The number of halogens is 2. The number of amides is 1. The molecular formula is C29H33F2N9O2S. The van der Waals surface area contributed by atoms with Gasteiger partial charge in [-0.25, -0.2) is 18.7 Å². The minimum Gasteiger partial charge on any atom is -0.383 e. The smallest absolute Gasteiger partial charge is 0.246 e. The van der Waals surface area contributed by atoms with Crippen molar-refractivity contribution in [3.63, 3.8) is 0 Å². The van der Waals surface area contributed by atoms with Crippen LogP contribution in [0.1, 0.15) is 31.2 Å². The van der Waals surface area contributed by atoms with Crippen LogP contribution in [0.3, 0.4) is 0 Å². The number of imidazole rings is 1. The maximum absolute atomic E-state index is 14.0. The molecule has 11 nitrogen and oxygen atoms in total. The van der Waals surface area contributed by atoms with Crippen LogP contribution in [0, 0.1) is 6.92 Å². The second-order valence-corrected chi connectivity index (χ2v) is 11.0. The van der Waals surface area contributed by atoms with Crippen molar-refractivity contribution < 1.29 is 18.3 Å². The number of likely N-dealkylation sites (tertiary alicyclic amines) is 1. The minimum atomic E-state index is -1.27. The summed E-state index contributed by atoms with van der Waals surface area (Å²) in [5.74, 6) is -2.49. The van der Waals surface area contributed by atoms with Gasteiger partial charge < -0.3 is 15.4 Å². The fourth-order valence-electron chi connectivity index (χ4n) is 5.06. The molecule has 0 bridgehead atoms. The predicted molar refractivity (Wildman–Crippen MR) is 161 cm³/mol. The molecule has 1 amide bonds. The molecule has 1 aliphatic rings. The van der Waals surface area contributed by atoms with Crippen LogP contribution in [-0.4, -0.2) is 65.6 Å². The van der Waals surface area contributed by atoms with E-state index in [0.717, 1.165) is 54.6 Å². The highest BCUT2D eigenvalue weighted by Gasteiger charge is 2.25. The Morgan fingerprint density at radius 3 is 2.91 bits per heavy atom. The van der Waals surface area contributed by atoms with Gasteiger partial charge in [-0.15, -0.1) is 0 Å². The van der Waals surface area contributed by atoms with Gasteiger partial charge in [0.2, 0.25) is 5.91 Å². The summed E-state index contributed by atoms with van der Waals surface area (Å²) in [4.78, 5) is 24.2. The van der Waals surface area contributed by atoms with Gasteiger partial charge in [0.1, 0.15) is 11.5 Å². The molecule has 0 aromatic carbocycles. The molecule has 5 heterocycles. The summed E-state index contributed by atoms with van der Waals surface area (Å²) < 4.78 is 40.6. The highest BCUT2D eigenvalue weighted by atomic mass is 32.1. The van der Waals surface area contributed by atoms with Gasteiger partial charge in [-0.05, 0) is 56.9 Å². The van der Waals surface area contributed by atoms with E-state index in [2.05, 4.69) is 41.6 Å². The van der Waals surface area contributed by atoms with Crippen molar-refractivity contribution >= 4 is 33.9 Å². The summed E-state index contributed by atoms with van der Waals surface area (Å²) in [6, 6.07) is 2.46. The molecule has 2 N–H and O–H groups in total. The molecular weight excluding hydrogens is 576 g/mol. The standard InChI is InChI=1S/C29H33F2N9O2S/c1-5-7-23(27(31)19(3)30)35-25(41)16-39-14-20(11-33-39)24-12-32-29-28(34-18(2)13-40(24)29)36-26-10-21(37-43-26)15-38-9-6-8-22(38)17-42-4/h5,7,10-14,22H,3,6,8-9,15-17H2,1-2,4H3,(H,34,36)(H,35,41)/b7-5-,27-23-. The third-order valence-electron chi connectivity index (χ3n) is 6.95. The maximum Gasteiger partial charge on any atom is 0.246 e. The number of carbonyl (C=O) groups excluding carboxylic acids is 1. The van der Waals surface area contributed by atoms with Crippen LogP contribution in [0.5, 0.6) is 0 Å². The minimum absolute atomic E-state index is 0.214. The Balaban J connectivity index is 1.31. The summed E-state index contributed by atoms with van der Waals surface area (Å²) in [7, 11) is 1.74. The zero-order valence-electron chi connectivity index (χ0n) is 24.2. The first-order chi connectivity index (χ1) is 20.7. The number of methoxy groups -OCH3 is 1. The number of anilines is 2. The zero-order chi connectivity index (χ0) is 30.5. The number of hydrogen-bond acceptors (Lipinski definition) is 9. The Hall–Kier alpha value is -4.27. The van der Waals surface area contributed by atoms with E-state index in [9.17, 15) is 13.6 Å². The maximum atomic E-state index is 14.0. The number of aryl methyl sites for hydroxylation is 1. The van der Waals surface area contributed by atoms with E-state index >= 15 is 0 Å². The summed E-state index contributed by atoms with van der Waals surface area (Å²) in [5, 5.41) is 10.9. The van der Waals surface area contributed by atoms with Crippen LogP contribution in [0.25, 0.3) is 16.9 Å². The van der Waals surface area contributed by atoms with E-state index in [0.29, 0.717) is 23.1 Å². The lowest BCUT2D eigenvalue weighted by atomic mass is 10.2. The highest BCUT2D eigenvalue weighted by Crippen LogP contribution is 2.29. The van der Waals surface area contributed by atoms with Gasteiger partial charge in [0.25, 0.3) is 0 Å². The number of carbonyl (C=O) groups is 1. The summed E-state index contributed by atoms with van der Waals surface area (Å²) >= 11 is 1.38. The molecule has 226 valence electrons. The Kier molecular flexibility index (Phi) is 9.38. The number of nitrogens with one attached hydrogen (secondary N) is 2. The molecule has 43 heavy (non-hydrogen) atoms. The summed E-state index contributed by atoms with van der Waals surface area (Å²) in [6.45, 7) is 8.77. The third-order valence-corrected chi connectivity index (χ3v) is 7.70. The van der Waals surface area contributed by atoms with Crippen LogP contribution in [0.2, 0.25) is 0 Å². The molecule has 4 aromatic rings. The molecule has 0 saturated carbocycles. The number of allylic oxidation sites excluding steroid dienone is 4. The lowest BCUT2D eigenvalue weighted by Crippen LogP contribution is -2.32. The van der Waals surface area contributed by atoms with Crippen LogP contribution in [0.4, 0.5) is 19.6 Å². The van der Waals surface area contributed by atoms with Gasteiger partial charge in [0.05, 0.1) is 41.8 Å². The number of aromatic nitrogens is 6. The molecule has 0 spiro atoms. The molecule has 14 heteroatoms. The Morgan fingerprint density at radius 1 is 1.30 bits per heavy atom. The third kappa shape index (κ3) is 7.04. The number of ether oxygens (including phenoxy) is 1. The average Bonchev–Trinajstić information content (AvgIpc) is 3.77. The van der Waals surface area contributed by atoms with E-state index in [1.54, 1.807) is 32.6 Å². The van der Waals surface area contributed by atoms with Crippen molar-refractivity contribution in [2.45, 2.75) is 45.8 Å². The number of nitrogens with zero attached hydrogens (tertiary/aromatic N) is 7. The topological polar surface area (TPSA) is 114 Å². The molecule has 0 aliphatic carbocycles. The first-order valence-electron chi connectivity index (χ1n) is 13.8. The zero-order valence-corrected chi connectivity index (χ0v) is 25.0. The van der Waals surface area contributed by atoms with E-state index in [1.807, 2.05) is 23.6 Å². The first-order valence-corrected chi connectivity index (χ1v) is 14.5. The summed E-state index contributed by atoms with van der Waals surface area (Å²) in [5.41, 5.74) is 3.52. The quantitative estimate of drug-likeness (QED) is 0.214. The van der Waals surface area contributed by atoms with Crippen LogP contribution >= 0.6 is 11.5 Å². The second-order valence-electron chi connectivity index (χ2n) is 10.2. The fourth-order valence-corrected chi connectivity index (χ4v) is 5.72. The number of fused-ring (bicyclic) bond motifs is 1. The SMILES string of the molecule is C=C(F)/C(F)=C(\C=C/C)NC(=O)Cn1cc(-c2cnc3c(Nc4cc(CN5CCCC5COC)ns4)nc(C)cn23)cn1. The number of rotatable bonds is 12. The first kappa shape index (κ1) is 30.2. The molecule has 0 radical (unpaired) electrons. The van der Waals surface area contributed by atoms with Crippen molar-refractivity contribution in [3.8, 4) is 11.3 Å². The van der Waals surface area contributed by atoms with Crippen molar-refractivity contribution in [1.82, 2.24) is 38.7 Å². The average molecular weight is 610 g/mol. The number of hydrogen-bond donors (Lipinski definition) is 2. The molecule has 1 aliphatic heterocycles. The summed E-state index contributed by atoms with van der Waals surface area (Å²) in [6.07, 6.45) is 11.9. The monoisotopic (exact) mass is 609 g/mol. The van der Waals surface area contributed by atoms with E-state index in [4.69, 9.17) is 4.74 Å². The molecule has 1 atom stereocenters. The van der Waals surface area contributed by atoms with Crippen molar-refractivity contribution in [1.29, 1.82) is 0 Å². The Labute approximate surface area is 251 Å². The van der Waals surface area contributed by atoms with Crippen LogP contribution in [0.15, 0.2) is 66.9 Å². The van der Waals surface area contributed by atoms with Crippen molar-refractivity contribution in [2.24, 2.45) is 0 Å². The van der Waals surface area contributed by atoms with Gasteiger partial charge in [0, 0.05) is 37.7 Å². The largest absolute Gasteiger partial charge is 0.383 e. The molecule has 5 rings (SSSR count). The molecule has 1 saturated heterocycles. The van der Waals surface area contributed by atoms with E-state index in [1.165, 1.54) is 28.4 Å². The van der Waals surface area contributed by atoms with E-state index in [-0.39, 0.29) is 12.2 Å². The second kappa shape index (κ2) is 13.4. The molecule has 1 unspecified atom stereocenters. The van der Waals surface area contributed by atoms with Crippen molar-refractivity contribution in [2.75, 3.05) is 25.6 Å². The van der Waals surface area contributed by atoms with Crippen LogP contribution in [-0.2, 0) is 22.6 Å². The Morgan fingerprint density at radius 2 is 2.14 bits per heavy atom. The fraction of sp³-hybridized carbons (Fsp3) is 0.345. The van der Waals surface area contributed by atoms with Gasteiger partial charge >= 0.3 is 0 Å².